The van der Waals surface area contributed by atoms with Gasteiger partial charge in [0, 0.05) is 37.6 Å². The Bertz CT molecular complexity index is 3900. The summed E-state index contributed by atoms with van der Waals surface area (Å²) in [4.78, 5) is 5.19. The summed E-state index contributed by atoms with van der Waals surface area (Å²) in [6, 6.07) is 92.5. The summed E-state index contributed by atoms with van der Waals surface area (Å²) in [6.45, 7) is 0. The molecule has 0 N–H and O–H groups in total. The van der Waals surface area contributed by atoms with Gasteiger partial charge in [0.1, 0.15) is 11.5 Å². The molecule has 11 aromatic carbocycles. The van der Waals surface area contributed by atoms with Crippen molar-refractivity contribution in [1.82, 2.24) is 0 Å². The van der Waals surface area contributed by atoms with Gasteiger partial charge in [-0.25, -0.2) is 0 Å². The van der Waals surface area contributed by atoms with Crippen molar-refractivity contribution in [1.29, 1.82) is 0 Å². The van der Waals surface area contributed by atoms with E-state index < -0.39 is 10.8 Å². The van der Waals surface area contributed by atoms with Gasteiger partial charge in [-0.1, -0.05) is 212 Å². The van der Waals surface area contributed by atoms with Gasteiger partial charge in [-0.3, -0.25) is 0 Å². The highest BCUT2D eigenvalue weighted by molar-refractivity contribution is 7.99. The van der Waals surface area contributed by atoms with Crippen molar-refractivity contribution in [3.63, 3.8) is 0 Å². The molecule has 3 heteroatoms. The highest BCUT2D eigenvalue weighted by Crippen LogP contribution is 2.67. The SMILES string of the molecule is c1ccc(-c2ccccc2N(c2cccc3c2-c2ccccc2C32c3ccccc3Oc3ccccc32)c2cccc3c2-c2ccccc2C32c3ccccc3Sc3cc4ccccc4cc32)cc1. The average Bonchev–Trinajstić information content (AvgIpc) is 3.88. The Labute approximate surface area is 405 Å². The molecular formula is C66H41NOS. The second-order valence-electron chi connectivity index (χ2n) is 18.6. The van der Waals surface area contributed by atoms with Crippen molar-refractivity contribution in [3.8, 4) is 44.9 Å². The number of para-hydroxylation sites is 3. The van der Waals surface area contributed by atoms with E-state index >= 15 is 0 Å². The molecule has 15 rings (SSSR count). The lowest BCUT2D eigenvalue weighted by Gasteiger charge is -2.40. The van der Waals surface area contributed by atoms with Gasteiger partial charge in [-0.2, -0.15) is 0 Å². The van der Waals surface area contributed by atoms with Crippen molar-refractivity contribution in [2.24, 2.45) is 0 Å². The predicted molar refractivity (Wildman–Crippen MR) is 283 cm³/mol. The minimum atomic E-state index is -0.622. The number of nitrogens with zero attached hydrogens (tertiary/aromatic N) is 1. The van der Waals surface area contributed by atoms with Gasteiger partial charge < -0.3 is 9.64 Å². The smallest absolute Gasteiger partial charge is 0.132 e. The lowest BCUT2D eigenvalue weighted by atomic mass is 9.66. The number of anilines is 3. The van der Waals surface area contributed by atoms with E-state index in [1.54, 1.807) is 0 Å². The van der Waals surface area contributed by atoms with E-state index in [4.69, 9.17) is 4.74 Å². The molecule has 2 aliphatic carbocycles. The van der Waals surface area contributed by atoms with Crippen LogP contribution in [-0.2, 0) is 10.8 Å². The van der Waals surface area contributed by atoms with Crippen molar-refractivity contribution in [2.45, 2.75) is 20.6 Å². The van der Waals surface area contributed by atoms with Gasteiger partial charge in [0.2, 0.25) is 0 Å². The van der Waals surface area contributed by atoms with Crippen molar-refractivity contribution in [3.05, 3.63) is 293 Å². The molecule has 322 valence electrons. The molecule has 2 aliphatic heterocycles. The van der Waals surface area contributed by atoms with Crippen LogP contribution in [0.15, 0.2) is 259 Å². The van der Waals surface area contributed by atoms with Crippen LogP contribution in [0.2, 0.25) is 0 Å². The number of rotatable bonds is 4. The molecule has 2 nitrogen and oxygen atoms in total. The molecule has 1 atom stereocenters. The summed E-state index contributed by atoms with van der Waals surface area (Å²) in [6.07, 6.45) is 0. The molecule has 0 saturated carbocycles. The molecule has 0 amide bonds. The lowest BCUT2D eigenvalue weighted by Crippen LogP contribution is -2.32. The summed E-state index contributed by atoms with van der Waals surface area (Å²) >= 11 is 1.90. The molecule has 0 saturated heterocycles. The first kappa shape index (κ1) is 38.7. The van der Waals surface area contributed by atoms with E-state index in [2.05, 4.69) is 254 Å². The molecule has 69 heavy (non-hydrogen) atoms. The monoisotopic (exact) mass is 895 g/mol. The molecule has 0 radical (unpaired) electrons. The van der Waals surface area contributed by atoms with Crippen LogP contribution in [-0.4, -0.2) is 0 Å². The van der Waals surface area contributed by atoms with E-state index in [0.717, 1.165) is 45.3 Å². The summed E-state index contributed by atoms with van der Waals surface area (Å²) in [5.74, 6) is 1.77. The van der Waals surface area contributed by atoms with Gasteiger partial charge in [0.05, 0.1) is 27.9 Å². The molecule has 0 bridgehead atoms. The maximum atomic E-state index is 6.78. The molecule has 2 heterocycles. The lowest BCUT2D eigenvalue weighted by molar-refractivity contribution is 0.436. The van der Waals surface area contributed by atoms with E-state index in [1.807, 2.05) is 11.8 Å². The fourth-order valence-electron chi connectivity index (χ4n) is 12.8. The first-order valence-corrected chi connectivity index (χ1v) is 24.6. The maximum absolute atomic E-state index is 6.78. The number of hydrogen-bond donors (Lipinski definition) is 0. The quantitative estimate of drug-likeness (QED) is 0.175. The molecule has 2 spiro atoms. The van der Waals surface area contributed by atoms with Crippen LogP contribution in [0.3, 0.4) is 0 Å². The normalized spacial score (nSPS) is 15.8. The third-order valence-corrected chi connectivity index (χ3v) is 16.5. The molecule has 1 unspecified atom stereocenters. The minimum Gasteiger partial charge on any atom is -0.457 e. The molecular weight excluding hydrogens is 855 g/mol. The summed E-state index contributed by atoms with van der Waals surface area (Å²) < 4.78 is 6.78. The van der Waals surface area contributed by atoms with E-state index in [1.165, 1.54) is 81.8 Å². The first-order chi connectivity index (χ1) is 34.2. The van der Waals surface area contributed by atoms with Gasteiger partial charge in [-0.15, -0.1) is 0 Å². The predicted octanol–water partition coefficient (Wildman–Crippen LogP) is 17.3. The van der Waals surface area contributed by atoms with Crippen molar-refractivity contribution in [2.75, 3.05) is 4.90 Å². The third kappa shape index (κ3) is 5.12. The van der Waals surface area contributed by atoms with Crippen LogP contribution in [0.25, 0.3) is 44.2 Å². The van der Waals surface area contributed by atoms with Gasteiger partial charge in [0.25, 0.3) is 0 Å². The van der Waals surface area contributed by atoms with Crippen LogP contribution in [0, 0.1) is 0 Å². The largest absolute Gasteiger partial charge is 0.457 e. The number of ether oxygens (including phenoxy) is 1. The molecule has 11 aromatic rings. The Morgan fingerprint density at radius 2 is 0.754 bits per heavy atom. The maximum Gasteiger partial charge on any atom is 0.132 e. The Hall–Kier alpha value is -8.37. The molecule has 4 aliphatic rings. The van der Waals surface area contributed by atoms with E-state index in [-0.39, 0.29) is 0 Å². The van der Waals surface area contributed by atoms with Crippen LogP contribution in [0.4, 0.5) is 17.1 Å². The van der Waals surface area contributed by atoms with Crippen LogP contribution >= 0.6 is 11.8 Å². The van der Waals surface area contributed by atoms with Crippen molar-refractivity contribution < 1.29 is 4.74 Å². The summed E-state index contributed by atoms with van der Waals surface area (Å²) in [5, 5.41) is 2.51. The van der Waals surface area contributed by atoms with Gasteiger partial charge in [-0.05, 0) is 109 Å². The second kappa shape index (κ2) is 14.6. The second-order valence-corrected chi connectivity index (χ2v) is 19.7. The Balaban J connectivity index is 1.08. The Morgan fingerprint density at radius 3 is 1.39 bits per heavy atom. The van der Waals surface area contributed by atoms with Crippen LogP contribution in [0.5, 0.6) is 11.5 Å². The summed E-state index contributed by atoms with van der Waals surface area (Å²) in [7, 11) is 0. The van der Waals surface area contributed by atoms with Crippen LogP contribution < -0.4 is 9.64 Å². The summed E-state index contributed by atoms with van der Waals surface area (Å²) in [5.41, 5.74) is 19.5. The number of fused-ring (bicyclic) bond motifs is 19. The number of hydrogen-bond acceptors (Lipinski definition) is 3. The molecule has 0 fully saturated rings. The fraction of sp³-hybridized carbons (Fsp3) is 0.0303. The average molecular weight is 896 g/mol. The van der Waals surface area contributed by atoms with Gasteiger partial charge in [0.15, 0.2) is 0 Å². The standard InChI is InChI=1S/C66H41NOS/c1-2-20-42(21-3-1)45-24-8-14-34-56(45)67(57-35-18-32-53-63(57)46-25-6-9-27-48(46)65(53)50-29-11-15-37-59(50)68-60-38-16-12-30-51(60)65)58-36-19-33-54-64(58)47-26-7-10-28-49(47)66(54)52-31-13-17-39-61(52)69-62-41-44-23-5-4-22-43(44)40-55(62)66/h1-41H. The zero-order valence-corrected chi connectivity index (χ0v) is 38.3. The van der Waals surface area contributed by atoms with Crippen LogP contribution in [0.1, 0.15) is 44.5 Å². The topological polar surface area (TPSA) is 12.5 Å². The zero-order chi connectivity index (χ0) is 45.3. The third-order valence-electron chi connectivity index (χ3n) is 15.4. The minimum absolute atomic E-state index is 0.571. The fourth-order valence-corrected chi connectivity index (χ4v) is 14.0. The first-order valence-electron chi connectivity index (χ1n) is 23.8. The van der Waals surface area contributed by atoms with Crippen molar-refractivity contribution >= 4 is 39.6 Å². The highest BCUT2D eigenvalue weighted by atomic mass is 32.2. The van der Waals surface area contributed by atoms with E-state index in [0.29, 0.717) is 0 Å². The Kier molecular flexibility index (Phi) is 8.17. The molecule has 0 aromatic heterocycles. The van der Waals surface area contributed by atoms with Gasteiger partial charge >= 0.3 is 0 Å². The number of benzene rings is 11. The zero-order valence-electron chi connectivity index (χ0n) is 37.4. The Morgan fingerprint density at radius 1 is 0.304 bits per heavy atom. The van der Waals surface area contributed by atoms with E-state index in [9.17, 15) is 0 Å². The highest BCUT2D eigenvalue weighted by Gasteiger charge is 2.54.